The zero-order valence-corrected chi connectivity index (χ0v) is 25.4. The second-order valence-electron chi connectivity index (χ2n) is 11.8. The van der Waals surface area contributed by atoms with Gasteiger partial charge in [0.05, 0.1) is 12.6 Å². The summed E-state index contributed by atoms with van der Waals surface area (Å²) in [6.07, 6.45) is 0.0866. The van der Waals surface area contributed by atoms with Gasteiger partial charge in [-0.2, -0.15) is 0 Å². The Labute approximate surface area is 252 Å². The number of hydrogen-bond donors (Lipinski definition) is 2. The number of Topliss-reactive ketones (excluding diaryl/α,β-unsaturated/α-hetero) is 1. The maximum Gasteiger partial charge on any atom is 0.408 e. The number of ketones is 1. The van der Waals surface area contributed by atoms with Crippen molar-refractivity contribution in [2.45, 2.75) is 64.4 Å². The number of amides is 4. The summed E-state index contributed by atoms with van der Waals surface area (Å²) in [6, 6.07) is 13.2. The highest BCUT2D eigenvalue weighted by molar-refractivity contribution is 6.01. The topological polar surface area (TPSA) is 128 Å². The number of benzene rings is 2. The Kier molecular flexibility index (Phi) is 10.1. The van der Waals surface area contributed by atoms with E-state index in [0.717, 1.165) is 11.3 Å². The number of ether oxygens (including phenoxy) is 1. The van der Waals surface area contributed by atoms with Crippen LogP contribution in [0, 0.1) is 5.92 Å². The van der Waals surface area contributed by atoms with Crippen LogP contribution in [-0.2, 0) is 25.7 Å². The maximum atomic E-state index is 13.8. The summed E-state index contributed by atoms with van der Waals surface area (Å²) in [5.74, 6) is -1.25. The van der Waals surface area contributed by atoms with Crippen molar-refractivity contribution in [3.63, 3.8) is 0 Å². The van der Waals surface area contributed by atoms with Crippen LogP contribution in [0.1, 0.15) is 49.5 Å². The van der Waals surface area contributed by atoms with Crippen molar-refractivity contribution >= 4 is 35.3 Å². The SMILES string of the molecule is CC(C)C[C@H](NC(=O)c1ccc(N(C)C)cc1)C(=O)N1CC[C@@H]2C1C(=O)CN2C(=O)[C@@H](C)NC(=O)OCc1ccccc1. The number of fused-ring (bicyclic) bond motifs is 1. The first-order chi connectivity index (χ1) is 20.5. The van der Waals surface area contributed by atoms with Crippen molar-refractivity contribution in [2.24, 2.45) is 5.92 Å². The third-order valence-electron chi connectivity index (χ3n) is 7.86. The number of nitrogens with one attached hydrogen (secondary N) is 2. The van der Waals surface area contributed by atoms with Crippen LogP contribution in [-0.4, -0.2) is 90.8 Å². The minimum atomic E-state index is -0.925. The minimum Gasteiger partial charge on any atom is -0.445 e. The molecule has 0 radical (unpaired) electrons. The molecule has 0 aliphatic carbocycles. The van der Waals surface area contributed by atoms with Gasteiger partial charge in [0.25, 0.3) is 5.91 Å². The summed E-state index contributed by atoms with van der Waals surface area (Å²) in [4.78, 5) is 70.6. The van der Waals surface area contributed by atoms with Crippen molar-refractivity contribution < 1.29 is 28.7 Å². The molecule has 1 unspecified atom stereocenters. The number of nitrogens with zero attached hydrogens (tertiary/aromatic N) is 3. The van der Waals surface area contributed by atoms with Crippen LogP contribution < -0.4 is 15.5 Å². The van der Waals surface area contributed by atoms with E-state index in [1.54, 1.807) is 19.1 Å². The molecular formula is C32H41N5O6. The van der Waals surface area contributed by atoms with Crippen molar-refractivity contribution in [2.75, 3.05) is 32.1 Å². The molecule has 0 bridgehead atoms. The van der Waals surface area contributed by atoms with Crippen LogP contribution in [0.25, 0.3) is 0 Å². The van der Waals surface area contributed by atoms with Gasteiger partial charge in [0, 0.05) is 31.9 Å². The molecule has 0 aromatic heterocycles. The largest absolute Gasteiger partial charge is 0.445 e. The van der Waals surface area contributed by atoms with Crippen LogP contribution in [0.4, 0.5) is 10.5 Å². The molecule has 4 atom stereocenters. The highest BCUT2D eigenvalue weighted by Gasteiger charge is 2.52. The van der Waals surface area contributed by atoms with E-state index in [9.17, 15) is 24.0 Å². The summed E-state index contributed by atoms with van der Waals surface area (Å²) >= 11 is 0. The number of carbonyl (C=O) groups excluding carboxylic acids is 5. The average Bonchev–Trinajstić information content (AvgIpc) is 3.56. The van der Waals surface area contributed by atoms with Gasteiger partial charge < -0.3 is 30.1 Å². The van der Waals surface area contributed by atoms with E-state index >= 15 is 0 Å². The van der Waals surface area contributed by atoms with E-state index in [-0.39, 0.29) is 43.2 Å². The molecule has 43 heavy (non-hydrogen) atoms. The molecule has 2 aromatic rings. The number of carbonyl (C=O) groups is 5. The van der Waals surface area contributed by atoms with Crippen molar-refractivity contribution in [1.29, 1.82) is 0 Å². The zero-order chi connectivity index (χ0) is 31.3. The van der Waals surface area contributed by atoms with Gasteiger partial charge in [-0.1, -0.05) is 44.2 Å². The van der Waals surface area contributed by atoms with E-state index in [0.29, 0.717) is 18.4 Å². The molecule has 2 N–H and O–H groups in total. The Morgan fingerprint density at radius 1 is 0.930 bits per heavy atom. The fraction of sp³-hybridized carbons (Fsp3) is 0.469. The van der Waals surface area contributed by atoms with E-state index in [4.69, 9.17) is 4.74 Å². The van der Waals surface area contributed by atoms with Crippen LogP contribution in [0.15, 0.2) is 54.6 Å². The Hall–Kier alpha value is -4.41. The average molecular weight is 592 g/mol. The molecule has 11 nitrogen and oxygen atoms in total. The molecule has 0 spiro atoms. The summed E-state index contributed by atoms with van der Waals surface area (Å²) in [5, 5.41) is 5.43. The monoisotopic (exact) mass is 591 g/mol. The van der Waals surface area contributed by atoms with Gasteiger partial charge in [0.1, 0.15) is 24.7 Å². The number of likely N-dealkylation sites (tertiary alicyclic amines) is 2. The fourth-order valence-electron chi connectivity index (χ4n) is 5.66. The molecule has 2 saturated heterocycles. The van der Waals surface area contributed by atoms with E-state index in [2.05, 4.69) is 10.6 Å². The van der Waals surface area contributed by atoms with Crippen LogP contribution in [0.3, 0.4) is 0 Å². The van der Waals surface area contributed by atoms with E-state index in [1.807, 2.05) is 75.3 Å². The Morgan fingerprint density at radius 2 is 1.60 bits per heavy atom. The molecule has 2 heterocycles. The first-order valence-corrected chi connectivity index (χ1v) is 14.7. The highest BCUT2D eigenvalue weighted by atomic mass is 16.5. The molecule has 2 aromatic carbocycles. The van der Waals surface area contributed by atoms with Gasteiger partial charge >= 0.3 is 6.09 Å². The van der Waals surface area contributed by atoms with Crippen molar-refractivity contribution in [1.82, 2.24) is 20.4 Å². The molecule has 0 saturated carbocycles. The van der Waals surface area contributed by atoms with E-state index < -0.39 is 36.2 Å². The van der Waals surface area contributed by atoms with Crippen LogP contribution >= 0.6 is 0 Å². The lowest BCUT2D eigenvalue weighted by molar-refractivity contribution is -0.138. The smallest absolute Gasteiger partial charge is 0.408 e. The Morgan fingerprint density at radius 3 is 2.23 bits per heavy atom. The Balaban J connectivity index is 1.39. The van der Waals surface area contributed by atoms with Gasteiger partial charge in [0.2, 0.25) is 11.8 Å². The Bertz CT molecular complexity index is 1330. The molecule has 4 rings (SSSR count). The van der Waals surface area contributed by atoms with Crippen molar-refractivity contribution in [3.05, 3.63) is 65.7 Å². The summed E-state index contributed by atoms with van der Waals surface area (Å²) in [5.41, 5.74) is 2.19. The van der Waals surface area contributed by atoms with Gasteiger partial charge in [-0.05, 0) is 55.5 Å². The van der Waals surface area contributed by atoms with Crippen LogP contribution in [0.5, 0.6) is 0 Å². The molecule has 2 aliphatic heterocycles. The molecule has 11 heteroatoms. The second kappa shape index (κ2) is 13.7. The highest BCUT2D eigenvalue weighted by Crippen LogP contribution is 2.31. The van der Waals surface area contributed by atoms with Crippen LogP contribution in [0.2, 0.25) is 0 Å². The maximum absolute atomic E-state index is 13.8. The number of hydrogen-bond acceptors (Lipinski definition) is 7. The third-order valence-corrected chi connectivity index (χ3v) is 7.86. The number of rotatable bonds is 10. The number of anilines is 1. The predicted octanol–water partition coefficient (Wildman–Crippen LogP) is 2.59. The molecule has 2 aliphatic rings. The number of alkyl carbamates (subject to hydrolysis) is 1. The minimum absolute atomic E-state index is 0.0625. The molecular weight excluding hydrogens is 550 g/mol. The normalized spacial score (nSPS) is 19.1. The first-order valence-electron chi connectivity index (χ1n) is 14.7. The standard InChI is InChI=1S/C32H41N5O6/c1-20(2)17-25(34-29(39)23-11-13-24(14-12-23)35(4)5)31(41)36-16-15-26-28(36)27(38)18-37(26)30(40)21(3)33-32(42)43-19-22-9-7-6-8-10-22/h6-14,20-21,25-26,28H,15-19H2,1-5H3,(H,33,42)(H,34,39)/t21-,25+,26-,28?/m1/s1. The van der Waals surface area contributed by atoms with Crippen molar-refractivity contribution in [3.8, 4) is 0 Å². The summed E-state index contributed by atoms with van der Waals surface area (Å²) in [7, 11) is 3.82. The van der Waals surface area contributed by atoms with E-state index in [1.165, 1.54) is 9.80 Å². The van der Waals surface area contributed by atoms with Gasteiger partial charge in [-0.3, -0.25) is 19.2 Å². The lowest BCUT2D eigenvalue weighted by Gasteiger charge is -2.29. The first kappa shape index (κ1) is 31.5. The van der Waals surface area contributed by atoms with Gasteiger partial charge in [-0.15, -0.1) is 0 Å². The summed E-state index contributed by atoms with van der Waals surface area (Å²) < 4.78 is 5.23. The quantitative estimate of drug-likeness (QED) is 0.435. The second-order valence-corrected chi connectivity index (χ2v) is 11.8. The van der Waals surface area contributed by atoms with Gasteiger partial charge in [0.15, 0.2) is 5.78 Å². The fourth-order valence-corrected chi connectivity index (χ4v) is 5.66. The zero-order valence-electron chi connectivity index (χ0n) is 25.4. The molecule has 4 amide bonds. The third kappa shape index (κ3) is 7.52. The lowest BCUT2D eigenvalue weighted by atomic mass is 10.0. The van der Waals surface area contributed by atoms with Gasteiger partial charge in [-0.25, -0.2) is 4.79 Å². The lowest BCUT2D eigenvalue weighted by Crippen LogP contribution is -2.53. The predicted molar refractivity (Wildman–Crippen MR) is 161 cm³/mol. The summed E-state index contributed by atoms with van der Waals surface area (Å²) in [6.45, 7) is 5.67. The molecule has 2 fully saturated rings. The molecule has 230 valence electrons.